The van der Waals surface area contributed by atoms with Gasteiger partial charge in [0.05, 0.1) is 16.7 Å². The molecule has 0 saturated heterocycles. The number of hydrogen-bond donors (Lipinski definition) is 4. The van der Waals surface area contributed by atoms with Gasteiger partial charge in [-0.2, -0.15) is 0 Å². The van der Waals surface area contributed by atoms with Crippen molar-refractivity contribution in [2.75, 3.05) is 6.54 Å². The Hall–Kier alpha value is -1.04. The van der Waals surface area contributed by atoms with Crippen LogP contribution in [0.2, 0.25) is 5.02 Å². The monoisotopic (exact) mass is 235 g/mol. The summed E-state index contributed by atoms with van der Waals surface area (Å²) in [6.07, 6.45) is -1.23. The van der Waals surface area contributed by atoms with E-state index in [1.807, 2.05) is 0 Å². The van der Waals surface area contributed by atoms with Crippen LogP contribution in [0.25, 0.3) is 0 Å². The second kappa shape index (κ2) is 4.65. The van der Waals surface area contributed by atoms with Crippen molar-refractivity contribution in [3.8, 4) is 11.5 Å². The summed E-state index contributed by atoms with van der Waals surface area (Å²) in [6.45, 7) is 0.118. The van der Waals surface area contributed by atoms with Crippen LogP contribution in [0.1, 0.15) is 18.1 Å². The standard InChI is InChI=1S/C9H11ClFNO3/c10-4-3-6(14)8(11)7(9(4)15)5(13)1-2-12/h3,5,13-15H,1-2,12H2. The maximum atomic E-state index is 13.3. The predicted molar refractivity (Wildman–Crippen MR) is 53.4 cm³/mol. The number of aliphatic hydroxyl groups excluding tert-OH is 1. The minimum Gasteiger partial charge on any atom is -0.506 e. The Kier molecular flexibility index (Phi) is 3.73. The van der Waals surface area contributed by atoms with Crippen LogP contribution in [0.5, 0.6) is 11.5 Å². The second-order valence-corrected chi connectivity index (χ2v) is 3.45. The number of rotatable bonds is 3. The predicted octanol–water partition coefficient (Wildman–Crippen LogP) is 1.27. The first-order chi connectivity index (χ1) is 6.99. The zero-order chi connectivity index (χ0) is 11.6. The Balaban J connectivity index is 3.26. The zero-order valence-electron chi connectivity index (χ0n) is 7.74. The molecular formula is C9H11ClFNO3. The normalized spacial score (nSPS) is 12.8. The van der Waals surface area contributed by atoms with Crippen molar-refractivity contribution in [1.82, 2.24) is 0 Å². The first kappa shape index (κ1) is 12.0. The minimum absolute atomic E-state index is 0.0598. The van der Waals surface area contributed by atoms with Gasteiger partial charge in [0.15, 0.2) is 11.6 Å². The maximum Gasteiger partial charge on any atom is 0.174 e. The van der Waals surface area contributed by atoms with Crippen LogP contribution in [0.3, 0.4) is 0 Å². The van der Waals surface area contributed by atoms with Crippen LogP contribution in [0.4, 0.5) is 4.39 Å². The molecule has 15 heavy (non-hydrogen) atoms. The van der Waals surface area contributed by atoms with Crippen LogP contribution < -0.4 is 5.73 Å². The van der Waals surface area contributed by atoms with E-state index in [-0.39, 0.29) is 18.0 Å². The maximum absolute atomic E-state index is 13.3. The van der Waals surface area contributed by atoms with E-state index in [1.165, 1.54) is 0 Å². The average molecular weight is 236 g/mol. The number of aromatic hydroxyl groups is 2. The van der Waals surface area contributed by atoms with E-state index in [2.05, 4.69) is 0 Å². The van der Waals surface area contributed by atoms with E-state index in [0.717, 1.165) is 6.07 Å². The van der Waals surface area contributed by atoms with Crippen molar-refractivity contribution in [2.24, 2.45) is 5.73 Å². The fraction of sp³-hybridized carbons (Fsp3) is 0.333. The number of nitrogens with two attached hydrogens (primary N) is 1. The molecule has 1 atom stereocenters. The van der Waals surface area contributed by atoms with E-state index in [0.29, 0.717) is 0 Å². The summed E-state index contributed by atoms with van der Waals surface area (Å²) in [4.78, 5) is 0. The van der Waals surface area contributed by atoms with Crippen molar-refractivity contribution < 1.29 is 19.7 Å². The van der Waals surface area contributed by atoms with Crippen molar-refractivity contribution in [3.05, 3.63) is 22.5 Å². The fourth-order valence-electron chi connectivity index (χ4n) is 1.23. The van der Waals surface area contributed by atoms with Crippen molar-refractivity contribution in [2.45, 2.75) is 12.5 Å². The molecule has 0 aliphatic carbocycles. The van der Waals surface area contributed by atoms with Gasteiger partial charge in [-0.25, -0.2) is 4.39 Å². The molecule has 84 valence electrons. The van der Waals surface area contributed by atoms with Gasteiger partial charge in [-0.05, 0) is 13.0 Å². The molecule has 0 amide bonds. The highest BCUT2D eigenvalue weighted by molar-refractivity contribution is 6.32. The number of phenols is 2. The lowest BCUT2D eigenvalue weighted by molar-refractivity contribution is 0.160. The van der Waals surface area contributed by atoms with Crippen molar-refractivity contribution in [1.29, 1.82) is 0 Å². The molecule has 4 nitrogen and oxygen atoms in total. The van der Waals surface area contributed by atoms with Crippen molar-refractivity contribution in [3.63, 3.8) is 0 Å². The highest BCUT2D eigenvalue weighted by atomic mass is 35.5. The van der Waals surface area contributed by atoms with Crippen LogP contribution in [-0.2, 0) is 0 Å². The van der Waals surface area contributed by atoms with Crippen LogP contribution >= 0.6 is 11.6 Å². The molecule has 0 aliphatic heterocycles. The molecule has 0 radical (unpaired) electrons. The summed E-state index contributed by atoms with van der Waals surface area (Å²) in [5.41, 5.74) is 4.76. The summed E-state index contributed by atoms with van der Waals surface area (Å²) in [7, 11) is 0. The molecule has 0 saturated carbocycles. The van der Waals surface area contributed by atoms with Gasteiger partial charge >= 0.3 is 0 Å². The molecule has 6 heteroatoms. The third-order valence-electron chi connectivity index (χ3n) is 1.98. The van der Waals surface area contributed by atoms with Gasteiger partial charge in [0, 0.05) is 6.07 Å². The van der Waals surface area contributed by atoms with Gasteiger partial charge in [0.2, 0.25) is 0 Å². The quantitative estimate of drug-likeness (QED) is 0.595. The summed E-state index contributed by atoms with van der Waals surface area (Å²) < 4.78 is 13.3. The van der Waals surface area contributed by atoms with Gasteiger partial charge in [0.25, 0.3) is 0 Å². The highest BCUT2D eigenvalue weighted by Crippen LogP contribution is 2.39. The molecule has 0 spiro atoms. The molecule has 0 heterocycles. The van der Waals surface area contributed by atoms with E-state index in [4.69, 9.17) is 22.4 Å². The molecule has 1 aromatic rings. The zero-order valence-corrected chi connectivity index (χ0v) is 8.50. The molecule has 1 rings (SSSR count). The molecule has 5 N–H and O–H groups in total. The van der Waals surface area contributed by atoms with E-state index < -0.39 is 29.0 Å². The Morgan fingerprint density at radius 3 is 2.60 bits per heavy atom. The topological polar surface area (TPSA) is 86.7 Å². The molecule has 0 fully saturated rings. The minimum atomic E-state index is -1.29. The number of phenolic OH excluding ortho intramolecular Hbond substituents is 2. The first-order valence-corrected chi connectivity index (χ1v) is 4.64. The molecule has 1 aromatic carbocycles. The molecule has 1 unspecified atom stereocenters. The van der Waals surface area contributed by atoms with E-state index in [9.17, 15) is 14.6 Å². The lowest BCUT2D eigenvalue weighted by Crippen LogP contribution is -2.08. The Labute approximate surface area is 90.7 Å². The Morgan fingerprint density at radius 2 is 2.07 bits per heavy atom. The van der Waals surface area contributed by atoms with E-state index in [1.54, 1.807) is 0 Å². The van der Waals surface area contributed by atoms with Crippen LogP contribution in [-0.4, -0.2) is 21.9 Å². The van der Waals surface area contributed by atoms with Crippen LogP contribution in [0.15, 0.2) is 6.07 Å². The molecule has 0 aliphatic rings. The lowest BCUT2D eigenvalue weighted by atomic mass is 10.0. The number of benzene rings is 1. The largest absolute Gasteiger partial charge is 0.506 e. The van der Waals surface area contributed by atoms with Gasteiger partial charge in [-0.15, -0.1) is 0 Å². The third-order valence-corrected chi connectivity index (χ3v) is 2.27. The summed E-state index contributed by atoms with van der Waals surface area (Å²) in [5, 5.41) is 27.8. The van der Waals surface area contributed by atoms with Gasteiger partial charge < -0.3 is 21.1 Å². The van der Waals surface area contributed by atoms with Gasteiger partial charge in [0.1, 0.15) is 5.75 Å². The summed E-state index contributed by atoms with van der Waals surface area (Å²) in [5.74, 6) is -2.38. The molecule has 0 bridgehead atoms. The number of halogens is 2. The molecular weight excluding hydrogens is 225 g/mol. The SMILES string of the molecule is NCCC(O)c1c(O)c(Cl)cc(O)c1F. The van der Waals surface area contributed by atoms with Crippen molar-refractivity contribution >= 4 is 11.6 Å². The van der Waals surface area contributed by atoms with Gasteiger partial charge in [-0.1, -0.05) is 11.6 Å². The van der Waals surface area contributed by atoms with Gasteiger partial charge in [-0.3, -0.25) is 0 Å². The summed E-state index contributed by atoms with van der Waals surface area (Å²) in [6, 6.07) is 0.866. The smallest absolute Gasteiger partial charge is 0.174 e. The molecule has 0 aromatic heterocycles. The highest BCUT2D eigenvalue weighted by Gasteiger charge is 2.22. The average Bonchev–Trinajstić information content (AvgIpc) is 2.16. The first-order valence-electron chi connectivity index (χ1n) is 4.27. The Morgan fingerprint density at radius 1 is 1.47 bits per heavy atom. The number of hydrogen-bond acceptors (Lipinski definition) is 4. The lowest BCUT2D eigenvalue weighted by Gasteiger charge is -2.14. The Bertz CT molecular complexity index is 347. The number of aliphatic hydroxyl groups is 1. The summed E-state index contributed by atoms with van der Waals surface area (Å²) >= 11 is 5.52. The van der Waals surface area contributed by atoms with E-state index >= 15 is 0 Å². The fourth-order valence-corrected chi connectivity index (χ4v) is 1.43. The van der Waals surface area contributed by atoms with Crippen LogP contribution in [0, 0.1) is 5.82 Å². The second-order valence-electron chi connectivity index (χ2n) is 3.05. The third kappa shape index (κ3) is 2.31.